The van der Waals surface area contributed by atoms with Crippen LogP contribution in [0.2, 0.25) is 0 Å². The molecule has 0 saturated heterocycles. The summed E-state index contributed by atoms with van der Waals surface area (Å²) < 4.78 is 13.2. The number of carboxylic acids is 1. The number of hydrogen-bond donors (Lipinski definition) is 2. The molecule has 2 rings (SSSR count). The summed E-state index contributed by atoms with van der Waals surface area (Å²) in [7, 11) is 0. The van der Waals surface area contributed by atoms with Gasteiger partial charge in [0.05, 0.1) is 16.8 Å². The van der Waals surface area contributed by atoms with Crippen LogP contribution in [0.5, 0.6) is 0 Å². The van der Waals surface area contributed by atoms with E-state index in [-0.39, 0.29) is 16.8 Å². The molecule has 0 spiro atoms. The maximum Gasteiger partial charge on any atom is 0.337 e. The number of carbonyl (C=O) groups is 2. The molecule has 1 aromatic carbocycles. The highest BCUT2D eigenvalue weighted by Crippen LogP contribution is 2.18. The van der Waals surface area contributed by atoms with Crippen LogP contribution in [0.3, 0.4) is 0 Å². The summed E-state index contributed by atoms with van der Waals surface area (Å²) in [5.41, 5.74) is 0.734. The number of nitrogens with zero attached hydrogens (tertiary/aromatic N) is 1. The Labute approximate surface area is 114 Å². The molecule has 2 N–H and O–H groups in total. The fraction of sp³-hybridized carbons (Fsp3) is 0.0714. The highest BCUT2D eigenvalue weighted by atomic mass is 19.1. The lowest BCUT2D eigenvalue weighted by molar-refractivity contribution is 0.0698. The number of aromatic nitrogens is 1. The maximum absolute atomic E-state index is 13.2. The molecular formula is C14H11FN2O3. The minimum Gasteiger partial charge on any atom is -0.478 e. The van der Waals surface area contributed by atoms with E-state index in [1.165, 1.54) is 6.20 Å². The first kappa shape index (κ1) is 13.7. The molecule has 0 unspecified atom stereocenters. The van der Waals surface area contributed by atoms with Gasteiger partial charge in [-0.05, 0) is 37.3 Å². The monoisotopic (exact) mass is 274 g/mol. The number of aromatic carboxylic acids is 1. The van der Waals surface area contributed by atoms with Crippen molar-refractivity contribution in [3.05, 3.63) is 59.2 Å². The highest BCUT2D eigenvalue weighted by Gasteiger charge is 2.14. The van der Waals surface area contributed by atoms with Crippen LogP contribution in [0, 0.1) is 12.7 Å². The molecule has 102 valence electrons. The smallest absolute Gasteiger partial charge is 0.337 e. The molecule has 5 nitrogen and oxygen atoms in total. The lowest BCUT2D eigenvalue weighted by Crippen LogP contribution is -2.15. The van der Waals surface area contributed by atoms with Crippen molar-refractivity contribution in [1.82, 2.24) is 4.98 Å². The topological polar surface area (TPSA) is 79.3 Å². The van der Waals surface area contributed by atoms with Gasteiger partial charge in [-0.15, -0.1) is 0 Å². The largest absolute Gasteiger partial charge is 0.478 e. The summed E-state index contributed by atoms with van der Waals surface area (Å²) in [5.74, 6) is -2.43. The lowest BCUT2D eigenvalue weighted by atomic mass is 10.1. The zero-order chi connectivity index (χ0) is 14.7. The van der Waals surface area contributed by atoms with Crippen molar-refractivity contribution in [3.8, 4) is 0 Å². The van der Waals surface area contributed by atoms with E-state index in [0.717, 1.165) is 23.9 Å². The Morgan fingerprint density at radius 2 is 2.00 bits per heavy atom. The molecule has 1 heterocycles. The second kappa shape index (κ2) is 5.48. The number of pyridine rings is 1. The molecule has 1 amide bonds. The molecule has 0 radical (unpaired) electrons. The Morgan fingerprint density at radius 3 is 2.60 bits per heavy atom. The molecule has 20 heavy (non-hydrogen) atoms. The number of benzene rings is 1. The Hall–Kier alpha value is -2.76. The molecule has 6 heteroatoms. The molecular weight excluding hydrogens is 263 g/mol. The fourth-order valence-corrected chi connectivity index (χ4v) is 1.60. The van der Waals surface area contributed by atoms with Gasteiger partial charge in [0.25, 0.3) is 5.91 Å². The summed E-state index contributed by atoms with van der Waals surface area (Å²) in [6.07, 6.45) is 1.37. The number of nitrogens with one attached hydrogen (secondary N) is 1. The van der Waals surface area contributed by atoms with E-state index in [9.17, 15) is 14.0 Å². The van der Waals surface area contributed by atoms with E-state index in [1.54, 1.807) is 19.1 Å². The number of carbonyl (C=O) groups excluding carboxylic acids is 1. The average Bonchev–Trinajstić information content (AvgIpc) is 2.39. The van der Waals surface area contributed by atoms with E-state index in [0.29, 0.717) is 0 Å². The summed E-state index contributed by atoms with van der Waals surface area (Å²) in [5, 5.41) is 11.4. The molecule has 0 aliphatic rings. The van der Waals surface area contributed by atoms with Crippen molar-refractivity contribution >= 4 is 17.6 Å². The predicted octanol–water partition coefficient (Wildman–Crippen LogP) is 2.48. The third kappa shape index (κ3) is 2.97. The number of amides is 1. The van der Waals surface area contributed by atoms with Gasteiger partial charge < -0.3 is 10.4 Å². The van der Waals surface area contributed by atoms with E-state index in [2.05, 4.69) is 10.3 Å². The average molecular weight is 274 g/mol. The summed E-state index contributed by atoms with van der Waals surface area (Å²) in [4.78, 5) is 26.9. The van der Waals surface area contributed by atoms with Crippen molar-refractivity contribution in [2.24, 2.45) is 0 Å². The zero-order valence-corrected chi connectivity index (χ0v) is 10.6. The minimum absolute atomic E-state index is 0.0944. The molecule has 0 bridgehead atoms. The third-order valence-electron chi connectivity index (χ3n) is 2.63. The number of anilines is 1. The van der Waals surface area contributed by atoms with Crippen molar-refractivity contribution in [2.75, 3.05) is 5.32 Å². The van der Waals surface area contributed by atoms with Gasteiger partial charge in [0.2, 0.25) is 0 Å². The van der Waals surface area contributed by atoms with Crippen LogP contribution in [0.1, 0.15) is 26.4 Å². The second-order valence-corrected chi connectivity index (χ2v) is 4.14. The Bertz CT molecular complexity index is 669. The van der Waals surface area contributed by atoms with E-state index >= 15 is 0 Å². The number of aryl methyl sites for hydroxylation is 1. The number of carboxylic acid groups (broad SMARTS) is 1. The van der Waals surface area contributed by atoms with Gasteiger partial charge in [0, 0.05) is 11.9 Å². The van der Waals surface area contributed by atoms with E-state index in [4.69, 9.17) is 5.11 Å². The summed E-state index contributed by atoms with van der Waals surface area (Å²) >= 11 is 0. The number of rotatable bonds is 3. The summed E-state index contributed by atoms with van der Waals surface area (Å²) in [6, 6.07) is 6.28. The van der Waals surface area contributed by atoms with Gasteiger partial charge in [-0.1, -0.05) is 0 Å². The standard InChI is InChI=1S/C14H11FN2O3/c1-8-2-3-9(7-16-8)13(18)17-12-6-10(15)4-5-11(12)14(19)20/h2-7H,1H3,(H,17,18)(H,19,20). The first-order valence-electron chi connectivity index (χ1n) is 5.74. The van der Waals surface area contributed by atoms with Gasteiger partial charge in [0.1, 0.15) is 5.82 Å². The Balaban J connectivity index is 2.29. The highest BCUT2D eigenvalue weighted by molar-refractivity contribution is 6.07. The van der Waals surface area contributed by atoms with Crippen LogP contribution in [0.15, 0.2) is 36.5 Å². The van der Waals surface area contributed by atoms with Crippen LogP contribution in [-0.2, 0) is 0 Å². The minimum atomic E-state index is -1.25. The SMILES string of the molecule is Cc1ccc(C(=O)Nc2cc(F)ccc2C(=O)O)cn1. The van der Waals surface area contributed by atoms with Crippen LogP contribution in [0.4, 0.5) is 10.1 Å². The van der Waals surface area contributed by atoms with Crippen molar-refractivity contribution in [1.29, 1.82) is 0 Å². The quantitative estimate of drug-likeness (QED) is 0.901. The fourth-order valence-electron chi connectivity index (χ4n) is 1.60. The normalized spacial score (nSPS) is 10.1. The number of hydrogen-bond acceptors (Lipinski definition) is 3. The first-order valence-corrected chi connectivity index (χ1v) is 5.74. The van der Waals surface area contributed by atoms with Crippen molar-refractivity contribution in [3.63, 3.8) is 0 Å². The molecule has 0 aliphatic heterocycles. The van der Waals surface area contributed by atoms with Gasteiger partial charge >= 0.3 is 5.97 Å². The van der Waals surface area contributed by atoms with Gasteiger partial charge in [0.15, 0.2) is 0 Å². The lowest BCUT2D eigenvalue weighted by Gasteiger charge is -2.08. The van der Waals surface area contributed by atoms with Crippen LogP contribution in [-0.4, -0.2) is 22.0 Å². The first-order chi connectivity index (χ1) is 9.47. The Morgan fingerprint density at radius 1 is 1.25 bits per heavy atom. The van der Waals surface area contributed by atoms with Crippen LogP contribution >= 0.6 is 0 Å². The molecule has 1 aromatic heterocycles. The van der Waals surface area contributed by atoms with Crippen LogP contribution < -0.4 is 5.32 Å². The maximum atomic E-state index is 13.2. The number of halogens is 1. The molecule has 0 atom stereocenters. The third-order valence-corrected chi connectivity index (χ3v) is 2.63. The van der Waals surface area contributed by atoms with Crippen molar-refractivity contribution in [2.45, 2.75) is 6.92 Å². The molecule has 0 saturated carbocycles. The predicted molar refractivity (Wildman–Crippen MR) is 70.3 cm³/mol. The van der Waals surface area contributed by atoms with E-state index < -0.39 is 17.7 Å². The molecule has 0 fully saturated rings. The molecule has 2 aromatic rings. The summed E-state index contributed by atoms with van der Waals surface area (Å²) in [6.45, 7) is 1.77. The van der Waals surface area contributed by atoms with Crippen LogP contribution in [0.25, 0.3) is 0 Å². The second-order valence-electron chi connectivity index (χ2n) is 4.14. The van der Waals surface area contributed by atoms with E-state index in [1.807, 2.05) is 0 Å². The van der Waals surface area contributed by atoms with Gasteiger partial charge in [-0.3, -0.25) is 9.78 Å². The van der Waals surface area contributed by atoms with Crippen molar-refractivity contribution < 1.29 is 19.1 Å². The molecule has 0 aliphatic carbocycles. The zero-order valence-electron chi connectivity index (χ0n) is 10.6. The van der Waals surface area contributed by atoms with Gasteiger partial charge in [-0.25, -0.2) is 9.18 Å². The Kier molecular flexibility index (Phi) is 3.74. The van der Waals surface area contributed by atoms with Gasteiger partial charge in [-0.2, -0.15) is 0 Å².